The molecule has 0 saturated heterocycles. The van der Waals surface area contributed by atoms with E-state index in [4.69, 9.17) is 21.1 Å². The fourth-order valence-corrected chi connectivity index (χ4v) is 3.31. The molecule has 8 nitrogen and oxygen atoms in total. The van der Waals surface area contributed by atoms with Crippen molar-refractivity contribution < 1.29 is 14.3 Å². The second kappa shape index (κ2) is 9.79. The van der Waals surface area contributed by atoms with Gasteiger partial charge in [-0.05, 0) is 62.2 Å². The molecule has 4 aromatic rings. The maximum atomic E-state index is 12.5. The number of hydrogen-bond donors (Lipinski definition) is 1. The van der Waals surface area contributed by atoms with Crippen molar-refractivity contribution in [3.05, 3.63) is 88.5 Å². The second-order valence-electron chi connectivity index (χ2n) is 7.69. The average molecular weight is 466 g/mol. The largest absolute Gasteiger partial charge is 0.471 e. The van der Waals surface area contributed by atoms with E-state index in [1.54, 1.807) is 46.2 Å². The molecule has 0 aliphatic heterocycles. The predicted molar refractivity (Wildman–Crippen MR) is 126 cm³/mol. The molecule has 0 atom stereocenters. The summed E-state index contributed by atoms with van der Waals surface area (Å²) in [6, 6.07) is 13.0. The van der Waals surface area contributed by atoms with Crippen molar-refractivity contribution >= 4 is 23.2 Å². The lowest BCUT2D eigenvalue weighted by molar-refractivity contribution is 0.102. The van der Waals surface area contributed by atoms with Gasteiger partial charge in [0, 0.05) is 11.2 Å². The number of carbonyl (C=O) groups is 1. The van der Waals surface area contributed by atoms with Crippen LogP contribution in [0.4, 0.5) is 5.69 Å². The van der Waals surface area contributed by atoms with Crippen LogP contribution in [0.2, 0.25) is 5.02 Å². The summed E-state index contributed by atoms with van der Waals surface area (Å²) in [5.41, 5.74) is 3.98. The van der Waals surface area contributed by atoms with E-state index in [1.807, 2.05) is 39.0 Å². The Balaban J connectivity index is 1.30. The Bertz CT molecular complexity index is 1280. The van der Waals surface area contributed by atoms with Crippen LogP contribution in [-0.2, 0) is 13.5 Å². The van der Waals surface area contributed by atoms with Gasteiger partial charge in [0.15, 0.2) is 19.2 Å². The van der Waals surface area contributed by atoms with Gasteiger partial charge in [-0.25, -0.2) is 9.36 Å². The normalized spacial score (nSPS) is 10.8. The Morgan fingerprint density at radius 2 is 1.82 bits per heavy atom. The SMILES string of the molecule is Cc1ccc(OCn2cc(NC(=O)c3ccn(COc4ccc(Cl)c(C)c4)n3)cn2)c(C)c1. The van der Waals surface area contributed by atoms with Crippen LogP contribution < -0.4 is 14.8 Å². The van der Waals surface area contributed by atoms with Crippen LogP contribution >= 0.6 is 11.6 Å². The summed E-state index contributed by atoms with van der Waals surface area (Å²) in [7, 11) is 0. The highest BCUT2D eigenvalue weighted by Gasteiger charge is 2.12. The molecule has 0 radical (unpaired) electrons. The molecular weight excluding hydrogens is 442 g/mol. The zero-order valence-electron chi connectivity index (χ0n) is 18.6. The van der Waals surface area contributed by atoms with Gasteiger partial charge in [-0.1, -0.05) is 29.3 Å². The fraction of sp³-hybridized carbons (Fsp3) is 0.208. The van der Waals surface area contributed by atoms with Gasteiger partial charge in [0.25, 0.3) is 5.91 Å². The molecule has 2 heterocycles. The average Bonchev–Trinajstić information content (AvgIpc) is 3.44. The van der Waals surface area contributed by atoms with Gasteiger partial charge in [-0.15, -0.1) is 0 Å². The lowest BCUT2D eigenvalue weighted by atomic mass is 10.1. The monoisotopic (exact) mass is 465 g/mol. The number of ether oxygens (including phenoxy) is 2. The van der Waals surface area contributed by atoms with Crippen molar-refractivity contribution in [2.45, 2.75) is 34.2 Å². The van der Waals surface area contributed by atoms with Crippen LogP contribution in [0, 0.1) is 20.8 Å². The van der Waals surface area contributed by atoms with Crippen molar-refractivity contribution in [3.63, 3.8) is 0 Å². The number of nitrogens with zero attached hydrogens (tertiary/aromatic N) is 4. The lowest BCUT2D eigenvalue weighted by Crippen LogP contribution is -2.14. The number of amides is 1. The van der Waals surface area contributed by atoms with Gasteiger partial charge in [-0.2, -0.15) is 10.2 Å². The molecule has 33 heavy (non-hydrogen) atoms. The molecule has 1 amide bonds. The summed E-state index contributed by atoms with van der Waals surface area (Å²) in [6.45, 7) is 6.34. The van der Waals surface area contributed by atoms with Gasteiger partial charge >= 0.3 is 0 Å². The Morgan fingerprint density at radius 1 is 1.00 bits per heavy atom. The third kappa shape index (κ3) is 5.72. The highest BCUT2D eigenvalue weighted by molar-refractivity contribution is 6.31. The Kier molecular flexibility index (Phi) is 6.65. The maximum absolute atomic E-state index is 12.5. The molecule has 0 saturated carbocycles. The first-order valence-electron chi connectivity index (χ1n) is 10.3. The molecule has 1 N–H and O–H groups in total. The first-order valence-corrected chi connectivity index (χ1v) is 10.7. The Hall–Kier alpha value is -3.78. The quantitative estimate of drug-likeness (QED) is 0.396. The number of hydrogen-bond acceptors (Lipinski definition) is 5. The molecule has 0 spiro atoms. The van der Waals surface area contributed by atoms with Crippen LogP contribution in [0.5, 0.6) is 11.5 Å². The smallest absolute Gasteiger partial charge is 0.276 e. The summed E-state index contributed by atoms with van der Waals surface area (Å²) < 4.78 is 14.7. The number of nitrogens with one attached hydrogen (secondary N) is 1. The van der Waals surface area contributed by atoms with Gasteiger partial charge in [-0.3, -0.25) is 4.79 Å². The van der Waals surface area contributed by atoms with E-state index in [-0.39, 0.29) is 25.1 Å². The van der Waals surface area contributed by atoms with Crippen molar-refractivity contribution in [2.75, 3.05) is 5.32 Å². The van der Waals surface area contributed by atoms with Crippen molar-refractivity contribution in [1.29, 1.82) is 0 Å². The van der Waals surface area contributed by atoms with E-state index < -0.39 is 0 Å². The van der Waals surface area contributed by atoms with Crippen LogP contribution in [0.25, 0.3) is 0 Å². The molecule has 170 valence electrons. The molecule has 4 rings (SSSR count). The Morgan fingerprint density at radius 3 is 2.61 bits per heavy atom. The minimum Gasteiger partial charge on any atom is -0.471 e. The third-order valence-corrected chi connectivity index (χ3v) is 5.36. The lowest BCUT2D eigenvalue weighted by Gasteiger charge is -2.09. The van der Waals surface area contributed by atoms with Gasteiger partial charge in [0.2, 0.25) is 0 Å². The number of anilines is 1. The summed E-state index contributed by atoms with van der Waals surface area (Å²) in [4.78, 5) is 12.5. The van der Waals surface area contributed by atoms with Gasteiger partial charge in [0.1, 0.15) is 11.5 Å². The molecule has 0 aliphatic carbocycles. The van der Waals surface area contributed by atoms with Crippen molar-refractivity contribution in [1.82, 2.24) is 19.6 Å². The van der Waals surface area contributed by atoms with E-state index in [1.165, 1.54) is 5.56 Å². The highest BCUT2D eigenvalue weighted by Crippen LogP contribution is 2.21. The summed E-state index contributed by atoms with van der Waals surface area (Å²) in [6.07, 6.45) is 4.94. The van der Waals surface area contributed by atoms with E-state index >= 15 is 0 Å². The van der Waals surface area contributed by atoms with E-state index in [9.17, 15) is 4.79 Å². The van der Waals surface area contributed by atoms with Gasteiger partial charge < -0.3 is 14.8 Å². The number of aromatic nitrogens is 4. The fourth-order valence-electron chi connectivity index (χ4n) is 3.19. The molecule has 2 aromatic carbocycles. The number of rotatable bonds is 8. The molecule has 2 aromatic heterocycles. The number of aryl methyl sites for hydroxylation is 3. The van der Waals surface area contributed by atoms with Crippen LogP contribution in [0.1, 0.15) is 27.2 Å². The van der Waals surface area contributed by atoms with Crippen molar-refractivity contribution in [2.24, 2.45) is 0 Å². The highest BCUT2D eigenvalue weighted by atomic mass is 35.5. The first-order chi connectivity index (χ1) is 15.9. The topological polar surface area (TPSA) is 83.2 Å². The number of halogens is 1. The molecule has 0 bridgehead atoms. The zero-order chi connectivity index (χ0) is 23.4. The molecule has 0 unspecified atom stereocenters. The Labute approximate surface area is 196 Å². The van der Waals surface area contributed by atoms with E-state index in [0.717, 1.165) is 16.9 Å². The zero-order valence-corrected chi connectivity index (χ0v) is 19.3. The maximum Gasteiger partial charge on any atom is 0.276 e. The predicted octanol–water partition coefficient (Wildman–Crippen LogP) is 4.98. The minimum atomic E-state index is -0.342. The van der Waals surface area contributed by atoms with Crippen LogP contribution in [0.15, 0.2) is 61.1 Å². The first kappa shape index (κ1) is 22.4. The van der Waals surface area contributed by atoms with E-state index in [2.05, 4.69) is 21.6 Å². The number of carbonyl (C=O) groups excluding carboxylic acids is 1. The summed E-state index contributed by atoms with van der Waals surface area (Å²) in [5, 5.41) is 12.0. The number of benzene rings is 2. The standard InChI is InChI=1S/C24H24ClN5O3/c1-16-4-7-23(18(3)10-16)33-15-30-13-19(12-26-30)27-24(31)22-8-9-29(28-22)14-32-20-5-6-21(25)17(2)11-20/h4-13H,14-15H2,1-3H3,(H,27,31). The van der Waals surface area contributed by atoms with Crippen LogP contribution in [-0.4, -0.2) is 25.5 Å². The van der Waals surface area contributed by atoms with Crippen LogP contribution in [0.3, 0.4) is 0 Å². The van der Waals surface area contributed by atoms with E-state index in [0.29, 0.717) is 16.5 Å². The summed E-state index contributed by atoms with van der Waals surface area (Å²) >= 11 is 6.03. The summed E-state index contributed by atoms with van der Waals surface area (Å²) in [5.74, 6) is 1.13. The molecular formula is C24H24ClN5O3. The third-order valence-electron chi connectivity index (χ3n) is 4.94. The second-order valence-corrected chi connectivity index (χ2v) is 8.10. The molecule has 9 heteroatoms. The van der Waals surface area contributed by atoms with Gasteiger partial charge in [0.05, 0.1) is 18.1 Å². The molecule has 0 aliphatic rings. The van der Waals surface area contributed by atoms with Crippen molar-refractivity contribution in [3.8, 4) is 11.5 Å². The minimum absolute atomic E-state index is 0.169. The molecule has 0 fully saturated rings.